The number of hydrogen-bond acceptors (Lipinski definition) is 2. The second-order valence-corrected chi connectivity index (χ2v) is 1.56. The van der Waals surface area contributed by atoms with Gasteiger partial charge in [-0.15, -0.1) is 12.6 Å². The zero-order valence-electron chi connectivity index (χ0n) is 3.91. The second-order valence-electron chi connectivity index (χ2n) is 1.03. The van der Waals surface area contributed by atoms with Crippen LogP contribution in [0.1, 0.15) is 0 Å². The van der Waals surface area contributed by atoms with Gasteiger partial charge in [0.2, 0.25) is 0 Å². The Morgan fingerprint density at radius 3 is 2.43 bits per heavy atom. The molecule has 0 aliphatic rings. The highest BCUT2D eigenvalue weighted by molar-refractivity contribution is 7.80. The van der Waals surface area contributed by atoms with Crippen molar-refractivity contribution in [1.29, 1.82) is 0 Å². The first-order valence-electron chi connectivity index (χ1n) is 1.92. The van der Waals surface area contributed by atoms with Gasteiger partial charge >= 0.3 is 0 Å². The van der Waals surface area contributed by atoms with E-state index in [1.54, 1.807) is 12.2 Å². The zero-order chi connectivity index (χ0) is 5.70. The number of rotatable bonds is 2. The Bertz CT molecular complexity index is 76.1. The SMILES string of the molecule is C=C/C=C\C(O)S. The fourth-order valence-electron chi connectivity index (χ4n) is 0.178. The van der Waals surface area contributed by atoms with Gasteiger partial charge in [0.15, 0.2) is 0 Å². The third-order valence-corrected chi connectivity index (χ3v) is 0.591. The molecule has 2 heteroatoms. The van der Waals surface area contributed by atoms with Crippen molar-refractivity contribution in [3.05, 3.63) is 24.8 Å². The fraction of sp³-hybridized carbons (Fsp3) is 0.200. The minimum Gasteiger partial charge on any atom is -0.379 e. The van der Waals surface area contributed by atoms with Crippen molar-refractivity contribution in [3.8, 4) is 0 Å². The van der Waals surface area contributed by atoms with Crippen LogP contribution in [0.25, 0.3) is 0 Å². The summed E-state index contributed by atoms with van der Waals surface area (Å²) in [6.07, 6.45) is 4.74. The third-order valence-electron chi connectivity index (χ3n) is 0.419. The van der Waals surface area contributed by atoms with Crippen LogP contribution >= 0.6 is 12.6 Å². The lowest BCUT2D eigenvalue weighted by atomic mass is 10.5. The maximum absolute atomic E-state index is 8.41. The van der Waals surface area contributed by atoms with Crippen LogP contribution in [-0.2, 0) is 0 Å². The second kappa shape index (κ2) is 3.96. The summed E-state index contributed by atoms with van der Waals surface area (Å²) in [6, 6.07) is 0. The molecule has 0 saturated heterocycles. The van der Waals surface area contributed by atoms with E-state index in [9.17, 15) is 0 Å². The summed E-state index contributed by atoms with van der Waals surface area (Å²) in [7, 11) is 0. The summed E-state index contributed by atoms with van der Waals surface area (Å²) >= 11 is 3.65. The molecular formula is C5H8OS. The summed E-state index contributed by atoms with van der Waals surface area (Å²) in [5.74, 6) is 0. The number of aliphatic hydroxyl groups excluding tert-OH is 1. The molecule has 0 heterocycles. The van der Waals surface area contributed by atoms with Crippen LogP contribution in [-0.4, -0.2) is 10.5 Å². The van der Waals surface area contributed by atoms with Crippen LogP contribution < -0.4 is 0 Å². The van der Waals surface area contributed by atoms with E-state index in [1.807, 2.05) is 0 Å². The topological polar surface area (TPSA) is 20.2 Å². The summed E-state index contributed by atoms with van der Waals surface area (Å²) in [5, 5.41) is 8.41. The molecule has 40 valence electrons. The highest BCUT2D eigenvalue weighted by atomic mass is 32.1. The van der Waals surface area contributed by atoms with Gasteiger partial charge in [-0.1, -0.05) is 18.7 Å². The Morgan fingerprint density at radius 1 is 1.71 bits per heavy atom. The van der Waals surface area contributed by atoms with E-state index in [2.05, 4.69) is 19.2 Å². The maximum Gasteiger partial charge on any atom is 0.115 e. The van der Waals surface area contributed by atoms with E-state index in [1.165, 1.54) is 6.08 Å². The number of aliphatic hydroxyl groups is 1. The molecule has 0 aliphatic heterocycles. The van der Waals surface area contributed by atoms with Crippen molar-refractivity contribution in [3.63, 3.8) is 0 Å². The first kappa shape index (κ1) is 6.79. The number of hydrogen-bond donors (Lipinski definition) is 2. The molecule has 0 rings (SSSR count). The van der Waals surface area contributed by atoms with Crippen molar-refractivity contribution in [2.75, 3.05) is 0 Å². The molecule has 0 aromatic carbocycles. The summed E-state index contributed by atoms with van der Waals surface area (Å²) in [6.45, 7) is 3.40. The smallest absolute Gasteiger partial charge is 0.115 e. The van der Waals surface area contributed by atoms with Crippen molar-refractivity contribution in [1.82, 2.24) is 0 Å². The van der Waals surface area contributed by atoms with Crippen LogP contribution in [0.3, 0.4) is 0 Å². The molecule has 7 heavy (non-hydrogen) atoms. The lowest BCUT2D eigenvalue weighted by molar-refractivity contribution is 0.312. The molecule has 0 saturated carbocycles. The first-order chi connectivity index (χ1) is 3.27. The molecule has 1 atom stereocenters. The number of allylic oxidation sites excluding steroid dienone is 2. The molecule has 0 fully saturated rings. The van der Waals surface area contributed by atoms with Gasteiger partial charge < -0.3 is 5.11 Å². The van der Waals surface area contributed by atoms with E-state index in [4.69, 9.17) is 5.11 Å². The average molecular weight is 116 g/mol. The monoisotopic (exact) mass is 116 g/mol. The molecule has 0 bridgehead atoms. The molecular weight excluding hydrogens is 108 g/mol. The van der Waals surface area contributed by atoms with Gasteiger partial charge in [0.1, 0.15) is 5.44 Å². The standard InChI is InChI=1S/C5H8OS/c1-2-3-4-5(6)7/h2-7H,1H2/b4-3-. The molecule has 0 spiro atoms. The molecule has 1 nitrogen and oxygen atoms in total. The minimum absolute atomic E-state index is 0.655. The zero-order valence-corrected chi connectivity index (χ0v) is 4.81. The van der Waals surface area contributed by atoms with Gasteiger partial charge in [0.25, 0.3) is 0 Å². The summed E-state index contributed by atoms with van der Waals surface area (Å²) in [5.41, 5.74) is -0.655. The minimum atomic E-state index is -0.655. The lowest BCUT2D eigenvalue weighted by Gasteiger charge is -1.86. The van der Waals surface area contributed by atoms with Crippen molar-refractivity contribution in [2.45, 2.75) is 5.44 Å². The van der Waals surface area contributed by atoms with Crippen LogP contribution in [0.15, 0.2) is 24.8 Å². The Labute approximate surface area is 48.8 Å². The van der Waals surface area contributed by atoms with Gasteiger partial charge in [-0.25, -0.2) is 0 Å². The molecule has 0 aromatic rings. The van der Waals surface area contributed by atoms with Crippen LogP contribution in [0, 0.1) is 0 Å². The number of thiol groups is 1. The molecule has 0 aliphatic carbocycles. The highest BCUT2D eigenvalue weighted by Crippen LogP contribution is 1.88. The fourth-order valence-corrected chi connectivity index (χ4v) is 0.277. The third kappa shape index (κ3) is 5.79. The van der Waals surface area contributed by atoms with Gasteiger partial charge in [0, 0.05) is 0 Å². The largest absolute Gasteiger partial charge is 0.379 e. The van der Waals surface area contributed by atoms with Crippen molar-refractivity contribution < 1.29 is 5.11 Å². The lowest BCUT2D eigenvalue weighted by Crippen LogP contribution is -1.85. The van der Waals surface area contributed by atoms with Crippen LogP contribution in [0.4, 0.5) is 0 Å². The van der Waals surface area contributed by atoms with E-state index in [0.717, 1.165) is 0 Å². The Morgan fingerprint density at radius 2 is 2.29 bits per heavy atom. The summed E-state index contributed by atoms with van der Waals surface area (Å²) in [4.78, 5) is 0. The van der Waals surface area contributed by atoms with Crippen molar-refractivity contribution >= 4 is 12.6 Å². The normalized spacial score (nSPS) is 14.6. The van der Waals surface area contributed by atoms with Gasteiger partial charge in [-0.3, -0.25) is 0 Å². The average Bonchev–Trinajstić information content (AvgIpc) is 1.61. The van der Waals surface area contributed by atoms with E-state index >= 15 is 0 Å². The van der Waals surface area contributed by atoms with Crippen LogP contribution in [0.2, 0.25) is 0 Å². The Hall–Kier alpha value is -0.210. The maximum atomic E-state index is 8.41. The quantitative estimate of drug-likeness (QED) is 0.313. The van der Waals surface area contributed by atoms with Gasteiger partial charge in [-0.05, 0) is 6.08 Å². The van der Waals surface area contributed by atoms with E-state index < -0.39 is 5.44 Å². The summed E-state index contributed by atoms with van der Waals surface area (Å²) < 4.78 is 0. The predicted octanol–water partition coefficient (Wildman–Crippen LogP) is 0.977. The molecule has 0 amide bonds. The molecule has 0 aromatic heterocycles. The van der Waals surface area contributed by atoms with Gasteiger partial charge in [-0.2, -0.15) is 0 Å². The molecule has 0 radical (unpaired) electrons. The predicted molar refractivity (Wildman–Crippen MR) is 34.3 cm³/mol. The molecule has 1 unspecified atom stereocenters. The van der Waals surface area contributed by atoms with E-state index in [-0.39, 0.29) is 0 Å². The van der Waals surface area contributed by atoms with Gasteiger partial charge in [0.05, 0.1) is 0 Å². The highest BCUT2D eigenvalue weighted by Gasteiger charge is 1.79. The Kier molecular flexibility index (Phi) is 3.84. The Balaban J connectivity index is 3.25. The van der Waals surface area contributed by atoms with Crippen molar-refractivity contribution in [2.24, 2.45) is 0 Å². The van der Waals surface area contributed by atoms with E-state index in [0.29, 0.717) is 0 Å². The van der Waals surface area contributed by atoms with Crippen LogP contribution in [0.5, 0.6) is 0 Å². The molecule has 1 N–H and O–H groups in total. The first-order valence-corrected chi connectivity index (χ1v) is 2.44.